The Kier molecular flexibility index (Phi) is 5.22. The first-order valence-corrected chi connectivity index (χ1v) is 5.64. The van der Waals surface area contributed by atoms with Crippen molar-refractivity contribution < 1.29 is 18.3 Å². The highest BCUT2D eigenvalue weighted by Gasteiger charge is 2.17. The predicted octanol–water partition coefficient (Wildman–Crippen LogP) is 2.52. The monoisotopic (exact) mass is 257 g/mol. The second-order valence-corrected chi connectivity index (χ2v) is 4.27. The quantitative estimate of drug-likeness (QED) is 0.759. The van der Waals surface area contributed by atoms with E-state index < -0.39 is 11.6 Å². The number of ether oxygens (including phenoxy) is 1. The van der Waals surface area contributed by atoms with Gasteiger partial charge in [-0.05, 0) is 38.2 Å². The van der Waals surface area contributed by atoms with Crippen molar-refractivity contribution in [2.75, 3.05) is 21.2 Å². The molecule has 1 rings (SSSR count). The smallest absolute Gasteiger partial charge is 0.305 e. The molecule has 5 heteroatoms. The van der Waals surface area contributed by atoms with Gasteiger partial charge in [-0.15, -0.1) is 0 Å². The third kappa shape index (κ3) is 3.77. The van der Waals surface area contributed by atoms with Gasteiger partial charge in [-0.2, -0.15) is 0 Å². The van der Waals surface area contributed by atoms with Gasteiger partial charge < -0.3 is 9.64 Å². The molecule has 0 saturated heterocycles. The number of esters is 1. The van der Waals surface area contributed by atoms with Gasteiger partial charge in [0.15, 0.2) is 11.6 Å². The Hall–Kier alpha value is -1.49. The highest BCUT2D eigenvalue weighted by Crippen LogP contribution is 2.25. The summed E-state index contributed by atoms with van der Waals surface area (Å²) in [5.41, 5.74) is 0.641. The number of hydrogen-bond acceptors (Lipinski definition) is 3. The number of hydrogen-bond donors (Lipinski definition) is 0. The van der Waals surface area contributed by atoms with Gasteiger partial charge in [0, 0.05) is 12.5 Å². The molecule has 0 spiro atoms. The van der Waals surface area contributed by atoms with Crippen LogP contribution in [0, 0.1) is 11.6 Å². The SMILES string of the molecule is COC(=O)CCC(c1ccc(F)c(F)c1)N(C)C. The second kappa shape index (κ2) is 6.44. The number of carbonyl (C=O) groups is 1. The number of benzene rings is 1. The van der Waals surface area contributed by atoms with E-state index in [1.807, 2.05) is 19.0 Å². The molecule has 1 aromatic rings. The van der Waals surface area contributed by atoms with E-state index >= 15 is 0 Å². The van der Waals surface area contributed by atoms with Crippen LogP contribution < -0.4 is 0 Å². The largest absolute Gasteiger partial charge is 0.469 e. The summed E-state index contributed by atoms with van der Waals surface area (Å²) in [6, 6.07) is 3.64. The fourth-order valence-electron chi connectivity index (χ4n) is 1.80. The van der Waals surface area contributed by atoms with Crippen molar-refractivity contribution in [1.29, 1.82) is 0 Å². The zero-order valence-corrected chi connectivity index (χ0v) is 10.7. The Balaban J connectivity index is 2.84. The molecule has 18 heavy (non-hydrogen) atoms. The van der Waals surface area contributed by atoms with E-state index in [1.54, 1.807) is 0 Å². The maximum atomic E-state index is 13.2. The van der Waals surface area contributed by atoms with Gasteiger partial charge >= 0.3 is 5.97 Å². The summed E-state index contributed by atoms with van der Waals surface area (Å²) in [7, 11) is 4.97. The van der Waals surface area contributed by atoms with Crippen molar-refractivity contribution in [3.8, 4) is 0 Å². The standard InChI is InChI=1S/C13H17F2NO2/c1-16(2)12(6-7-13(17)18-3)9-4-5-10(14)11(15)8-9/h4-5,8,12H,6-7H2,1-3H3. The van der Waals surface area contributed by atoms with Gasteiger partial charge in [0.2, 0.25) is 0 Å². The fraction of sp³-hybridized carbons (Fsp3) is 0.462. The van der Waals surface area contributed by atoms with E-state index in [0.29, 0.717) is 12.0 Å². The minimum atomic E-state index is -0.877. The Bertz CT molecular complexity index is 421. The predicted molar refractivity (Wildman–Crippen MR) is 64.0 cm³/mol. The molecular weight excluding hydrogens is 240 g/mol. The van der Waals surface area contributed by atoms with Crippen LogP contribution in [0.4, 0.5) is 8.78 Å². The molecular formula is C13H17F2NO2. The number of methoxy groups -OCH3 is 1. The topological polar surface area (TPSA) is 29.5 Å². The summed E-state index contributed by atoms with van der Waals surface area (Å²) in [6.45, 7) is 0. The van der Waals surface area contributed by atoms with E-state index in [4.69, 9.17) is 0 Å². The molecule has 0 N–H and O–H groups in total. The Labute approximate surface area is 105 Å². The van der Waals surface area contributed by atoms with Gasteiger partial charge in [0.25, 0.3) is 0 Å². The average Bonchev–Trinajstić information content (AvgIpc) is 2.33. The molecule has 1 unspecified atom stereocenters. The first kappa shape index (κ1) is 14.6. The molecule has 1 aromatic carbocycles. The zero-order valence-electron chi connectivity index (χ0n) is 10.7. The summed E-state index contributed by atoms with van der Waals surface area (Å²) in [5, 5.41) is 0. The number of halogens is 2. The Morgan fingerprint density at radius 3 is 2.50 bits per heavy atom. The van der Waals surface area contributed by atoms with Gasteiger partial charge in [0.05, 0.1) is 7.11 Å². The highest BCUT2D eigenvalue weighted by atomic mass is 19.2. The molecule has 0 aliphatic heterocycles. The van der Waals surface area contributed by atoms with Gasteiger partial charge in [0.1, 0.15) is 0 Å². The van der Waals surface area contributed by atoms with Gasteiger partial charge in [-0.3, -0.25) is 4.79 Å². The molecule has 0 aliphatic carbocycles. The molecule has 0 aliphatic rings. The molecule has 3 nitrogen and oxygen atoms in total. The van der Waals surface area contributed by atoms with Gasteiger partial charge in [-0.1, -0.05) is 6.07 Å². The summed E-state index contributed by atoms with van der Waals surface area (Å²) in [5.74, 6) is -2.06. The molecule has 0 aromatic heterocycles. The average molecular weight is 257 g/mol. The molecule has 0 amide bonds. The lowest BCUT2D eigenvalue weighted by atomic mass is 10.0. The molecule has 100 valence electrons. The normalized spacial score (nSPS) is 12.6. The van der Waals surface area contributed by atoms with Crippen LogP contribution in [0.1, 0.15) is 24.4 Å². The van der Waals surface area contributed by atoms with Crippen LogP contribution in [0.2, 0.25) is 0 Å². The van der Waals surface area contributed by atoms with E-state index in [9.17, 15) is 13.6 Å². The van der Waals surface area contributed by atoms with Crippen LogP contribution in [-0.4, -0.2) is 32.1 Å². The zero-order chi connectivity index (χ0) is 13.7. The van der Waals surface area contributed by atoms with Crippen LogP contribution in [0.3, 0.4) is 0 Å². The first-order chi connectivity index (χ1) is 8.45. The maximum Gasteiger partial charge on any atom is 0.305 e. The van der Waals surface area contributed by atoms with Crippen LogP contribution in [0.5, 0.6) is 0 Å². The summed E-state index contributed by atoms with van der Waals surface area (Å²) in [4.78, 5) is 13.0. The minimum absolute atomic E-state index is 0.154. The molecule has 0 heterocycles. The van der Waals surface area contributed by atoms with Crippen LogP contribution in [0.15, 0.2) is 18.2 Å². The molecule has 1 atom stereocenters. The lowest BCUT2D eigenvalue weighted by Gasteiger charge is -2.24. The summed E-state index contributed by atoms with van der Waals surface area (Å²) in [6.07, 6.45) is 0.725. The van der Waals surface area contributed by atoms with E-state index in [-0.39, 0.29) is 18.4 Å². The van der Waals surface area contributed by atoms with Crippen molar-refractivity contribution in [1.82, 2.24) is 4.90 Å². The lowest BCUT2D eigenvalue weighted by Crippen LogP contribution is -2.21. The minimum Gasteiger partial charge on any atom is -0.469 e. The Morgan fingerprint density at radius 2 is 2.00 bits per heavy atom. The third-order valence-corrected chi connectivity index (χ3v) is 2.80. The van der Waals surface area contributed by atoms with Crippen molar-refractivity contribution in [2.45, 2.75) is 18.9 Å². The Morgan fingerprint density at radius 1 is 1.33 bits per heavy atom. The van der Waals surface area contributed by atoms with Crippen molar-refractivity contribution >= 4 is 5.97 Å². The molecule has 0 radical (unpaired) electrons. The van der Waals surface area contributed by atoms with E-state index in [1.165, 1.54) is 13.2 Å². The van der Waals surface area contributed by atoms with Crippen molar-refractivity contribution in [3.05, 3.63) is 35.4 Å². The van der Waals surface area contributed by atoms with Crippen LogP contribution >= 0.6 is 0 Å². The lowest BCUT2D eigenvalue weighted by molar-refractivity contribution is -0.141. The van der Waals surface area contributed by atoms with Crippen LogP contribution in [0.25, 0.3) is 0 Å². The van der Waals surface area contributed by atoms with Crippen molar-refractivity contribution in [3.63, 3.8) is 0 Å². The molecule has 0 bridgehead atoms. The van der Waals surface area contributed by atoms with E-state index in [0.717, 1.165) is 12.1 Å². The molecule has 0 fully saturated rings. The van der Waals surface area contributed by atoms with Crippen LogP contribution in [-0.2, 0) is 9.53 Å². The number of rotatable bonds is 5. The number of nitrogens with zero attached hydrogens (tertiary/aromatic N) is 1. The second-order valence-electron chi connectivity index (χ2n) is 4.27. The summed E-state index contributed by atoms with van der Waals surface area (Å²) < 4.78 is 30.6. The fourth-order valence-corrected chi connectivity index (χ4v) is 1.80. The van der Waals surface area contributed by atoms with Gasteiger partial charge in [-0.25, -0.2) is 8.78 Å². The highest BCUT2D eigenvalue weighted by molar-refractivity contribution is 5.69. The van der Waals surface area contributed by atoms with Crippen molar-refractivity contribution in [2.24, 2.45) is 0 Å². The summed E-state index contributed by atoms with van der Waals surface area (Å²) >= 11 is 0. The number of carbonyl (C=O) groups excluding carboxylic acids is 1. The molecule has 0 saturated carbocycles. The maximum absolute atomic E-state index is 13.2. The first-order valence-electron chi connectivity index (χ1n) is 5.64. The third-order valence-electron chi connectivity index (χ3n) is 2.80. The van der Waals surface area contributed by atoms with E-state index in [2.05, 4.69) is 4.74 Å².